The SMILES string of the molecule is CCCN1C(=O)C2CC=C3C(CC4C(=O)N(c5cccc(Cl)c5)C(=O)C4(c4ccccc4)C3c3ccc(O)c(OC)c3)C2C1=O. The molecule has 45 heavy (non-hydrogen) atoms. The maximum absolute atomic E-state index is 15.2. The van der Waals surface area contributed by atoms with E-state index in [0.29, 0.717) is 41.2 Å². The van der Waals surface area contributed by atoms with Crippen LogP contribution in [0.25, 0.3) is 0 Å². The molecule has 6 unspecified atom stereocenters. The van der Waals surface area contributed by atoms with Gasteiger partial charge in [-0.1, -0.05) is 72.6 Å². The van der Waals surface area contributed by atoms with Gasteiger partial charge in [0.1, 0.15) is 0 Å². The van der Waals surface area contributed by atoms with Crippen molar-refractivity contribution < 1.29 is 29.0 Å². The Morgan fingerprint density at radius 1 is 0.933 bits per heavy atom. The third-order valence-corrected chi connectivity index (χ3v) is 10.5. The fourth-order valence-electron chi connectivity index (χ4n) is 8.50. The Morgan fingerprint density at radius 2 is 1.71 bits per heavy atom. The lowest BCUT2D eigenvalue weighted by Crippen LogP contribution is -2.53. The Kier molecular flexibility index (Phi) is 7.08. The Hall–Kier alpha value is -4.43. The van der Waals surface area contributed by atoms with Crippen LogP contribution >= 0.6 is 11.6 Å². The van der Waals surface area contributed by atoms with E-state index in [2.05, 4.69) is 0 Å². The van der Waals surface area contributed by atoms with Gasteiger partial charge in [-0.2, -0.15) is 0 Å². The van der Waals surface area contributed by atoms with E-state index < -0.39 is 35.0 Å². The molecule has 2 saturated heterocycles. The molecule has 6 atom stereocenters. The van der Waals surface area contributed by atoms with Gasteiger partial charge in [0.05, 0.1) is 36.0 Å². The number of fused-ring (bicyclic) bond motifs is 4. The van der Waals surface area contributed by atoms with Gasteiger partial charge in [0.25, 0.3) is 0 Å². The molecule has 7 rings (SSSR count). The second-order valence-corrected chi connectivity index (χ2v) is 12.8. The Labute approximate surface area is 266 Å². The van der Waals surface area contributed by atoms with Crippen molar-refractivity contribution in [2.24, 2.45) is 23.7 Å². The first-order valence-corrected chi connectivity index (χ1v) is 15.7. The van der Waals surface area contributed by atoms with Gasteiger partial charge in [-0.15, -0.1) is 0 Å². The highest BCUT2D eigenvalue weighted by Crippen LogP contribution is 2.64. The topological polar surface area (TPSA) is 104 Å². The summed E-state index contributed by atoms with van der Waals surface area (Å²) < 4.78 is 5.50. The van der Waals surface area contributed by atoms with E-state index in [0.717, 1.165) is 5.57 Å². The highest BCUT2D eigenvalue weighted by Gasteiger charge is 2.70. The number of imide groups is 2. The molecule has 1 saturated carbocycles. The van der Waals surface area contributed by atoms with Crippen molar-refractivity contribution in [1.29, 1.82) is 0 Å². The number of phenols is 1. The number of carbonyl (C=O) groups is 4. The molecule has 3 fully saturated rings. The van der Waals surface area contributed by atoms with Gasteiger partial charge in [0.2, 0.25) is 23.6 Å². The molecule has 3 aromatic carbocycles. The minimum absolute atomic E-state index is 0.0576. The van der Waals surface area contributed by atoms with Gasteiger partial charge in [-0.05, 0) is 66.6 Å². The predicted molar refractivity (Wildman–Crippen MR) is 168 cm³/mol. The lowest BCUT2D eigenvalue weighted by atomic mass is 9.49. The third kappa shape index (κ3) is 4.11. The quantitative estimate of drug-likeness (QED) is 0.282. The van der Waals surface area contributed by atoms with Gasteiger partial charge < -0.3 is 9.84 Å². The lowest BCUT2D eigenvalue weighted by molar-refractivity contribution is -0.140. The van der Waals surface area contributed by atoms with Crippen molar-refractivity contribution in [2.75, 3.05) is 18.6 Å². The van der Waals surface area contributed by atoms with Gasteiger partial charge in [0.15, 0.2) is 11.5 Å². The minimum atomic E-state index is -1.38. The summed E-state index contributed by atoms with van der Waals surface area (Å²) in [5.41, 5.74) is 1.20. The molecule has 0 radical (unpaired) electrons. The van der Waals surface area contributed by atoms with Crippen LogP contribution in [0.1, 0.15) is 43.2 Å². The Morgan fingerprint density at radius 3 is 2.42 bits per heavy atom. The van der Waals surface area contributed by atoms with E-state index in [9.17, 15) is 19.5 Å². The van der Waals surface area contributed by atoms with Gasteiger partial charge in [-0.25, -0.2) is 4.90 Å². The minimum Gasteiger partial charge on any atom is -0.504 e. The van der Waals surface area contributed by atoms with E-state index in [1.165, 1.54) is 23.0 Å². The van der Waals surface area contributed by atoms with Crippen molar-refractivity contribution in [2.45, 2.75) is 37.5 Å². The number of hydrogen-bond acceptors (Lipinski definition) is 6. The zero-order chi connectivity index (χ0) is 31.6. The fourth-order valence-corrected chi connectivity index (χ4v) is 8.69. The molecule has 4 amide bonds. The number of ether oxygens (including phenoxy) is 1. The van der Waals surface area contributed by atoms with E-state index in [4.69, 9.17) is 16.3 Å². The second-order valence-electron chi connectivity index (χ2n) is 12.4. The monoisotopic (exact) mass is 624 g/mol. The molecule has 2 aliphatic heterocycles. The van der Waals surface area contributed by atoms with Crippen molar-refractivity contribution in [3.8, 4) is 11.5 Å². The zero-order valence-electron chi connectivity index (χ0n) is 25.0. The van der Waals surface area contributed by atoms with E-state index in [1.54, 1.807) is 36.4 Å². The molecule has 0 bridgehead atoms. The number of rotatable bonds is 6. The van der Waals surface area contributed by atoms with Crippen LogP contribution in [0.15, 0.2) is 84.4 Å². The van der Waals surface area contributed by atoms with Crippen LogP contribution in [-0.2, 0) is 24.6 Å². The number of amides is 4. The fraction of sp³-hybridized carbons (Fsp3) is 0.333. The highest BCUT2D eigenvalue weighted by atomic mass is 35.5. The van der Waals surface area contributed by atoms with E-state index in [1.807, 2.05) is 43.3 Å². The number of methoxy groups -OCH3 is 1. The number of allylic oxidation sites excluding steroid dienone is 2. The van der Waals surface area contributed by atoms with Crippen LogP contribution < -0.4 is 9.64 Å². The van der Waals surface area contributed by atoms with Crippen LogP contribution in [0.5, 0.6) is 11.5 Å². The standard InChI is InChI=1S/C36H33ClN2O6/c1-3-16-38-32(41)25-14-13-24-26(30(25)34(38)43)19-27-33(42)39(23-11-7-10-22(37)18-23)35(44)36(27,21-8-5-4-6-9-21)31(24)20-12-15-28(40)29(17-20)45-2/h4-13,15,17-18,25-27,30-31,40H,3,14,16,19H2,1-2H3. The smallest absolute Gasteiger partial charge is 0.246 e. The van der Waals surface area contributed by atoms with Gasteiger partial charge in [0, 0.05) is 17.5 Å². The molecule has 230 valence electrons. The summed E-state index contributed by atoms with van der Waals surface area (Å²) >= 11 is 6.36. The van der Waals surface area contributed by atoms with Crippen LogP contribution in [0.2, 0.25) is 5.02 Å². The van der Waals surface area contributed by atoms with Crippen molar-refractivity contribution in [3.05, 3.63) is 101 Å². The summed E-state index contributed by atoms with van der Waals surface area (Å²) in [5.74, 6) is -4.06. The van der Waals surface area contributed by atoms with Crippen LogP contribution in [0.3, 0.4) is 0 Å². The normalized spacial score (nSPS) is 29.0. The molecular formula is C36H33ClN2O6. The highest BCUT2D eigenvalue weighted by molar-refractivity contribution is 6.32. The molecule has 2 aliphatic carbocycles. The lowest BCUT2D eigenvalue weighted by Gasteiger charge is -2.50. The van der Waals surface area contributed by atoms with Crippen molar-refractivity contribution in [3.63, 3.8) is 0 Å². The third-order valence-electron chi connectivity index (χ3n) is 10.2. The molecule has 0 aromatic heterocycles. The summed E-state index contributed by atoms with van der Waals surface area (Å²) in [6, 6.07) is 21.0. The molecule has 0 spiro atoms. The van der Waals surface area contributed by atoms with Crippen LogP contribution in [-0.4, -0.2) is 47.3 Å². The Balaban J connectivity index is 1.50. The van der Waals surface area contributed by atoms with Crippen molar-refractivity contribution in [1.82, 2.24) is 4.90 Å². The molecule has 1 N–H and O–H groups in total. The van der Waals surface area contributed by atoms with Crippen LogP contribution in [0.4, 0.5) is 5.69 Å². The zero-order valence-corrected chi connectivity index (χ0v) is 25.7. The first-order valence-electron chi connectivity index (χ1n) is 15.4. The molecule has 3 aromatic rings. The maximum atomic E-state index is 15.2. The molecule has 9 heteroatoms. The first kappa shape index (κ1) is 29.3. The number of carbonyl (C=O) groups excluding carboxylic acids is 4. The van der Waals surface area contributed by atoms with Crippen LogP contribution in [0, 0.1) is 23.7 Å². The average Bonchev–Trinajstić information content (AvgIpc) is 3.42. The number of phenolic OH excluding ortho intramolecular Hbond substituents is 1. The van der Waals surface area contributed by atoms with Gasteiger partial charge >= 0.3 is 0 Å². The summed E-state index contributed by atoms with van der Waals surface area (Å²) in [6.45, 7) is 2.28. The number of anilines is 1. The number of benzene rings is 3. The number of aromatic hydroxyl groups is 1. The number of nitrogens with zero attached hydrogens (tertiary/aromatic N) is 2. The first-order chi connectivity index (χ1) is 21.7. The Bertz CT molecular complexity index is 1770. The average molecular weight is 625 g/mol. The molecular weight excluding hydrogens is 592 g/mol. The summed E-state index contributed by atoms with van der Waals surface area (Å²) in [6.07, 6.45) is 3.27. The van der Waals surface area contributed by atoms with Gasteiger partial charge in [-0.3, -0.25) is 24.1 Å². The largest absolute Gasteiger partial charge is 0.504 e. The predicted octanol–water partition coefficient (Wildman–Crippen LogP) is 5.63. The number of likely N-dealkylation sites (tertiary alicyclic amines) is 1. The van der Waals surface area contributed by atoms with E-state index >= 15 is 4.79 Å². The number of hydrogen-bond donors (Lipinski definition) is 1. The number of halogens is 1. The molecule has 4 aliphatic rings. The second kappa shape index (κ2) is 10.9. The summed E-state index contributed by atoms with van der Waals surface area (Å²) in [5, 5.41) is 10.9. The maximum Gasteiger partial charge on any atom is 0.246 e. The molecule has 8 nitrogen and oxygen atoms in total. The molecule has 2 heterocycles. The van der Waals surface area contributed by atoms with Crippen molar-refractivity contribution >= 4 is 40.9 Å². The van der Waals surface area contributed by atoms with E-state index in [-0.39, 0.29) is 41.5 Å². The summed E-state index contributed by atoms with van der Waals surface area (Å²) in [4.78, 5) is 59.9. The summed E-state index contributed by atoms with van der Waals surface area (Å²) in [7, 11) is 1.46.